The van der Waals surface area contributed by atoms with Crippen LogP contribution in [-0.2, 0) is 10.1 Å². The maximum atomic E-state index is 10.9. The first-order valence-corrected chi connectivity index (χ1v) is 9.64. The van der Waals surface area contributed by atoms with Crippen molar-refractivity contribution in [3.63, 3.8) is 0 Å². The van der Waals surface area contributed by atoms with E-state index in [0.29, 0.717) is 18.4 Å². The average molecular weight is 301 g/mol. The lowest BCUT2D eigenvalue weighted by atomic mass is 9.48. The SMILES string of the molecule is NCC(CCS(=O)(=O)O)CC12CC3CC(CC(C3)C1)C2. The van der Waals surface area contributed by atoms with E-state index in [1.54, 1.807) is 0 Å². The summed E-state index contributed by atoms with van der Waals surface area (Å²) in [5.41, 5.74) is 6.30. The van der Waals surface area contributed by atoms with Crippen LogP contribution in [0.3, 0.4) is 0 Å². The van der Waals surface area contributed by atoms with Crippen molar-refractivity contribution in [2.24, 2.45) is 34.8 Å². The molecule has 0 aromatic rings. The largest absolute Gasteiger partial charge is 0.330 e. The molecule has 1 unspecified atom stereocenters. The minimum Gasteiger partial charge on any atom is -0.330 e. The molecule has 0 spiro atoms. The van der Waals surface area contributed by atoms with Crippen LogP contribution in [0.15, 0.2) is 0 Å². The summed E-state index contributed by atoms with van der Waals surface area (Å²) in [5, 5.41) is 0. The third kappa shape index (κ3) is 3.20. The number of rotatable bonds is 6. The quantitative estimate of drug-likeness (QED) is 0.738. The molecule has 0 heterocycles. The topological polar surface area (TPSA) is 80.4 Å². The van der Waals surface area contributed by atoms with Crippen molar-refractivity contribution < 1.29 is 13.0 Å². The van der Waals surface area contributed by atoms with Gasteiger partial charge in [-0.15, -0.1) is 0 Å². The van der Waals surface area contributed by atoms with Crippen LogP contribution >= 0.6 is 0 Å². The molecule has 0 aliphatic heterocycles. The summed E-state index contributed by atoms with van der Waals surface area (Å²) in [4.78, 5) is 0. The normalized spacial score (nSPS) is 41.0. The Kier molecular flexibility index (Phi) is 3.89. The van der Waals surface area contributed by atoms with Crippen molar-refractivity contribution in [2.75, 3.05) is 12.3 Å². The smallest absolute Gasteiger partial charge is 0.264 e. The minimum atomic E-state index is -3.85. The van der Waals surface area contributed by atoms with Gasteiger partial charge in [0.1, 0.15) is 0 Å². The van der Waals surface area contributed by atoms with Crippen LogP contribution in [0.1, 0.15) is 51.4 Å². The lowest BCUT2D eigenvalue weighted by molar-refractivity contribution is -0.0649. The van der Waals surface area contributed by atoms with Gasteiger partial charge in [0.05, 0.1) is 5.75 Å². The van der Waals surface area contributed by atoms with Crippen molar-refractivity contribution in [1.29, 1.82) is 0 Å². The maximum absolute atomic E-state index is 10.9. The van der Waals surface area contributed by atoms with Crippen molar-refractivity contribution in [2.45, 2.75) is 51.4 Å². The molecule has 4 rings (SSSR count). The summed E-state index contributed by atoms with van der Waals surface area (Å²) < 4.78 is 30.8. The van der Waals surface area contributed by atoms with E-state index < -0.39 is 10.1 Å². The van der Waals surface area contributed by atoms with E-state index in [0.717, 1.165) is 24.2 Å². The van der Waals surface area contributed by atoms with Crippen molar-refractivity contribution >= 4 is 10.1 Å². The first-order chi connectivity index (χ1) is 9.37. The summed E-state index contributed by atoms with van der Waals surface area (Å²) in [6.07, 6.45) is 9.87. The third-order valence-electron chi connectivity index (χ3n) is 6.00. The second-order valence-corrected chi connectivity index (χ2v) is 9.37. The highest BCUT2D eigenvalue weighted by Crippen LogP contribution is 2.62. The highest BCUT2D eigenvalue weighted by Gasteiger charge is 2.51. The van der Waals surface area contributed by atoms with Gasteiger partial charge in [0.15, 0.2) is 0 Å². The van der Waals surface area contributed by atoms with Crippen molar-refractivity contribution in [1.82, 2.24) is 0 Å². The molecule has 3 N–H and O–H groups in total. The molecule has 20 heavy (non-hydrogen) atoms. The van der Waals surface area contributed by atoms with Crippen LogP contribution in [0.25, 0.3) is 0 Å². The molecule has 116 valence electrons. The van der Waals surface area contributed by atoms with Gasteiger partial charge >= 0.3 is 0 Å². The van der Waals surface area contributed by atoms with E-state index in [1.807, 2.05) is 0 Å². The number of hydrogen-bond acceptors (Lipinski definition) is 3. The molecule has 1 atom stereocenters. The zero-order valence-corrected chi connectivity index (χ0v) is 12.9. The van der Waals surface area contributed by atoms with E-state index in [1.165, 1.54) is 38.5 Å². The zero-order chi connectivity index (χ0) is 14.4. The summed E-state index contributed by atoms with van der Waals surface area (Å²) in [5.74, 6) is 2.86. The maximum Gasteiger partial charge on any atom is 0.264 e. The van der Waals surface area contributed by atoms with Gasteiger partial charge in [-0.3, -0.25) is 4.55 Å². The van der Waals surface area contributed by atoms with E-state index in [-0.39, 0.29) is 11.7 Å². The minimum absolute atomic E-state index is 0.138. The first-order valence-electron chi connectivity index (χ1n) is 8.03. The van der Waals surface area contributed by atoms with Crippen LogP contribution in [-0.4, -0.2) is 25.3 Å². The molecule has 4 aliphatic rings. The summed E-state index contributed by atoms with van der Waals surface area (Å²) in [6, 6.07) is 0. The Morgan fingerprint density at radius 1 is 1.10 bits per heavy atom. The molecule has 0 amide bonds. The highest BCUT2D eigenvalue weighted by atomic mass is 32.2. The number of hydrogen-bond donors (Lipinski definition) is 2. The van der Waals surface area contributed by atoms with Gasteiger partial charge in [0.25, 0.3) is 10.1 Å². The monoisotopic (exact) mass is 301 g/mol. The Labute approximate surface area is 122 Å². The molecule has 5 heteroatoms. The Morgan fingerprint density at radius 3 is 2.00 bits per heavy atom. The molecule has 4 bridgehead atoms. The van der Waals surface area contributed by atoms with Crippen LogP contribution < -0.4 is 5.73 Å². The molecule has 0 saturated heterocycles. The molecule has 4 nitrogen and oxygen atoms in total. The first kappa shape index (κ1) is 14.8. The van der Waals surface area contributed by atoms with Gasteiger partial charge in [-0.05, 0) is 87.0 Å². The predicted molar refractivity (Wildman–Crippen MR) is 78.8 cm³/mol. The lowest BCUT2D eigenvalue weighted by Crippen LogP contribution is -2.47. The van der Waals surface area contributed by atoms with Gasteiger partial charge < -0.3 is 5.73 Å². The lowest BCUT2D eigenvalue weighted by Gasteiger charge is -2.57. The predicted octanol–water partition coefficient (Wildman–Crippen LogP) is 2.45. The van der Waals surface area contributed by atoms with Crippen molar-refractivity contribution in [3.8, 4) is 0 Å². The van der Waals surface area contributed by atoms with Gasteiger partial charge in [-0.2, -0.15) is 8.42 Å². The third-order valence-corrected chi connectivity index (χ3v) is 6.76. The standard InChI is InChI=1S/C15H27NO3S/c16-10-11(1-2-20(17,18)19)6-15-7-12-3-13(8-15)5-14(4-12)9-15/h11-14H,1-10,16H2,(H,17,18,19). The summed E-state index contributed by atoms with van der Waals surface area (Å²) >= 11 is 0. The fourth-order valence-electron chi connectivity index (χ4n) is 5.77. The molecular formula is C15H27NO3S. The molecule has 4 saturated carbocycles. The second-order valence-electron chi connectivity index (χ2n) is 7.80. The van der Waals surface area contributed by atoms with E-state index in [9.17, 15) is 8.42 Å². The summed E-state index contributed by atoms with van der Waals surface area (Å²) in [7, 11) is -3.85. The Bertz CT molecular complexity index is 424. The van der Waals surface area contributed by atoms with Gasteiger partial charge in [-0.25, -0.2) is 0 Å². The number of nitrogens with two attached hydrogens (primary N) is 1. The van der Waals surface area contributed by atoms with E-state index in [4.69, 9.17) is 10.3 Å². The molecule has 0 aromatic heterocycles. The Balaban J connectivity index is 1.63. The van der Waals surface area contributed by atoms with Crippen LogP contribution in [0.2, 0.25) is 0 Å². The van der Waals surface area contributed by atoms with Gasteiger partial charge in [0.2, 0.25) is 0 Å². The van der Waals surface area contributed by atoms with E-state index in [2.05, 4.69) is 0 Å². The van der Waals surface area contributed by atoms with Gasteiger partial charge in [-0.1, -0.05) is 0 Å². The van der Waals surface area contributed by atoms with Crippen LogP contribution in [0.5, 0.6) is 0 Å². The highest BCUT2D eigenvalue weighted by molar-refractivity contribution is 7.85. The molecule has 0 radical (unpaired) electrons. The summed E-state index contributed by atoms with van der Waals surface area (Å²) in [6.45, 7) is 0.539. The van der Waals surface area contributed by atoms with Crippen LogP contribution in [0, 0.1) is 29.1 Å². The van der Waals surface area contributed by atoms with Crippen LogP contribution in [0.4, 0.5) is 0 Å². The second kappa shape index (κ2) is 5.25. The molecule has 0 aromatic carbocycles. The molecule has 4 fully saturated rings. The average Bonchev–Trinajstić information content (AvgIpc) is 2.31. The molecule has 4 aliphatic carbocycles. The fourth-order valence-corrected chi connectivity index (χ4v) is 6.40. The fraction of sp³-hybridized carbons (Fsp3) is 1.00. The Morgan fingerprint density at radius 2 is 1.60 bits per heavy atom. The van der Waals surface area contributed by atoms with Crippen molar-refractivity contribution in [3.05, 3.63) is 0 Å². The van der Waals surface area contributed by atoms with E-state index >= 15 is 0 Å². The van der Waals surface area contributed by atoms with Gasteiger partial charge in [0, 0.05) is 0 Å². The molecular weight excluding hydrogens is 274 g/mol. The Hall–Kier alpha value is -0.130. The zero-order valence-electron chi connectivity index (χ0n) is 12.1.